The third-order valence-corrected chi connectivity index (χ3v) is 3.67. The number of esters is 1. The number of hydrogen-bond donors (Lipinski definition) is 1. The quantitative estimate of drug-likeness (QED) is 0.508. The van der Waals surface area contributed by atoms with Crippen LogP contribution in [-0.2, 0) is 9.53 Å². The predicted octanol–water partition coefficient (Wildman–Crippen LogP) is 2.17. The molecule has 0 rings (SSSR count). The largest absolute Gasteiger partial charge is 0.468 e. The molecule has 0 fully saturated rings. The highest BCUT2D eigenvalue weighted by atomic mass is 16.5. The van der Waals surface area contributed by atoms with E-state index in [2.05, 4.69) is 25.8 Å². The first-order valence-electron chi connectivity index (χ1n) is 6.96. The standard InChI is InChI=1S/C14H30N2O2/c1-6-12(7-2)16(4)11-9-8-10-14(3,15)13(17)18-5/h12H,6-11,15H2,1-5H3. The second-order valence-corrected chi connectivity index (χ2v) is 5.32. The summed E-state index contributed by atoms with van der Waals surface area (Å²) in [7, 11) is 3.55. The van der Waals surface area contributed by atoms with Crippen LogP contribution < -0.4 is 5.73 Å². The van der Waals surface area contributed by atoms with Crippen LogP contribution in [0.1, 0.15) is 52.9 Å². The normalized spacial score (nSPS) is 14.9. The SMILES string of the molecule is CCC(CC)N(C)CCCCC(C)(N)C(=O)OC. The zero-order chi connectivity index (χ0) is 14.2. The summed E-state index contributed by atoms with van der Waals surface area (Å²) >= 11 is 0. The van der Waals surface area contributed by atoms with Crippen molar-refractivity contribution in [3.05, 3.63) is 0 Å². The maximum absolute atomic E-state index is 11.4. The molecule has 0 aromatic rings. The van der Waals surface area contributed by atoms with Gasteiger partial charge in [0.25, 0.3) is 0 Å². The Hall–Kier alpha value is -0.610. The number of ether oxygens (including phenoxy) is 1. The number of nitrogens with zero attached hydrogens (tertiary/aromatic N) is 1. The summed E-state index contributed by atoms with van der Waals surface area (Å²) in [5.41, 5.74) is 5.07. The Morgan fingerprint density at radius 3 is 2.33 bits per heavy atom. The minimum Gasteiger partial charge on any atom is -0.468 e. The second kappa shape index (κ2) is 8.48. The van der Waals surface area contributed by atoms with Crippen molar-refractivity contribution in [2.24, 2.45) is 5.73 Å². The Bertz CT molecular complexity index is 238. The number of nitrogens with two attached hydrogens (primary N) is 1. The fourth-order valence-corrected chi connectivity index (χ4v) is 2.28. The molecular formula is C14H30N2O2. The second-order valence-electron chi connectivity index (χ2n) is 5.32. The molecule has 4 nitrogen and oxygen atoms in total. The van der Waals surface area contributed by atoms with Gasteiger partial charge >= 0.3 is 5.97 Å². The molecule has 2 N–H and O–H groups in total. The number of methoxy groups -OCH3 is 1. The first-order valence-corrected chi connectivity index (χ1v) is 6.96. The van der Waals surface area contributed by atoms with Crippen molar-refractivity contribution in [3.8, 4) is 0 Å². The van der Waals surface area contributed by atoms with E-state index in [1.165, 1.54) is 20.0 Å². The van der Waals surface area contributed by atoms with E-state index < -0.39 is 5.54 Å². The van der Waals surface area contributed by atoms with E-state index in [0.29, 0.717) is 12.5 Å². The van der Waals surface area contributed by atoms with Crippen molar-refractivity contribution in [1.82, 2.24) is 4.90 Å². The molecule has 0 aliphatic rings. The Labute approximate surface area is 112 Å². The van der Waals surface area contributed by atoms with Gasteiger partial charge in [-0.3, -0.25) is 4.79 Å². The average molecular weight is 258 g/mol. The fourth-order valence-electron chi connectivity index (χ4n) is 2.28. The van der Waals surface area contributed by atoms with Crippen LogP contribution in [0.3, 0.4) is 0 Å². The summed E-state index contributed by atoms with van der Waals surface area (Å²) in [6.07, 6.45) is 5.06. The molecule has 0 heterocycles. The van der Waals surface area contributed by atoms with Crippen molar-refractivity contribution >= 4 is 5.97 Å². The molecule has 0 saturated heterocycles. The molecule has 4 heteroatoms. The maximum atomic E-state index is 11.4. The van der Waals surface area contributed by atoms with Gasteiger partial charge in [-0.2, -0.15) is 0 Å². The van der Waals surface area contributed by atoms with Crippen molar-refractivity contribution in [1.29, 1.82) is 0 Å². The molecule has 0 bridgehead atoms. The predicted molar refractivity (Wildman–Crippen MR) is 75.5 cm³/mol. The first kappa shape index (κ1) is 17.4. The van der Waals surface area contributed by atoms with Crippen molar-refractivity contribution in [3.63, 3.8) is 0 Å². The first-order chi connectivity index (χ1) is 8.38. The van der Waals surface area contributed by atoms with Crippen molar-refractivity contribution < 1.29 is 9.53 Å². The van der Waals surface area contributed by atoms with Crippen LogP contribution >= 0.6 is 0 Å². The lowest BCUT2D eigenvalue weighted by Gasteiger charge is -2.26. The van der Waals surface area contributed by atoms with Crippen molar-refractivity contribution in [2.45, 2.75) is 64.5 Å². The molecule has 18 heavy (non-hydrogen) atoms. The van der Waals surface area contributed by atoms with Crippen LogP contribution in [0.25, 0.3) is 0 Å². The molecule has 0 aromatic carbocycles. The minimum atomic E-state index is -0.845. The molecule has 0 radical (unpaired) electrons. The molecule has 1 atom stereocenters. The third kappa shape index (κ3) is 5.83. The van der Waals surface area contributed by atoms with Gasteiger partial charge in [0.1, 0.15) is 5.54 Å². The molecular weight excluding hydrogens is 228 g/mol. The summed E-state index contributed by atoms with van der Waals surface area (Å²) in [5, 5.41) is 0. The van der Waals surface area contributed by atoms with Gasteiger partial charge in [0, 0.05) is 6.04 Å². The van der Waals surface area contributed by atoms with E-state index >= 15 is 0 Å². The van der Waals surface area contributed by atoms with Gasteiger partial charge in [-0.05, 0) is 52.6 Å². The number of unbranched alkanes of at least 4 members (excludes halogenated alkanes) is 1. The molecule has 0 spiro atoms. The smallest absolute Gasteiger partial charge is 0.325 e. The Kier molecular flexibility index (Phi) is 8.20. The molecule has 108 valence electrons. The lowest BCUT2D eigenvalue weighted by Crippen LogP contribution is -2.45. The highest BCUT2D eigenvalue weighted by molar-refractivity contribution is 5.79. The van der Waals surface area contributed by atoms with Gasteiger partial charge in [0.15, 0.2) is 0 Å². The van der Waals surface area contributed by atoms with E-state index in [1.807, 2.05) is 0 Å². The lowest BCUT2D eigenvalue weighted by molar-refractivity contribution is -0.146. The van der Waals surface area contributed by atoms with Gasteiger partial charge < -0.3 is 15.4 Å². The number of rotatable bonds is 9. The van der Waals surface area contributed by atoms with E-state index in [4.69, 9.17) is 10.5 Å². The number of carbonyl (C=O) groups excluding carboxylic acids is 1. The van der Waals surface area contributed by atoms with E-state index in [0.717, 1.165) is 19.4 Å². The van der Waals surface area contributed by atoms with Crippen LogP contribution in [0, 0.1) is 0 Å². The zero-order valence-electron chi connectivity index (χ0n) is 12.7. The Balaban J connectivity index is 3.89. The highest BCUT2D eigenvalue weighted by Crippen LogP contribution is 2.14. The Morgan fingerprint density at radius 1 is 1.33 bits per heavy atom. The summed E-state index contributed by atoms with van der Waals surface area (Å²) in [6, 6.07) is 0.662. The van der Waals surface area contributed by atoms with Crippen LogP contribution in [0.5, 0.6) is 0 Å². The third-order valence-electron chi connectivity index (χ3n) is 3.67. The topological polar surface area (TPSA) is 55.6 Å². The fraction of sp³-hybridized carbons (Fsp3) is 0.929. The maximum Gasteiger partial charge on any atom is 0.325 e. The molecule has 1 unspecified atom stereocenters. The average Bonchev–Trinajstić information content (AvgIpc) is 2.35. The van der Waals surface area contributed by atoms with Gasteiger partial charge in [-0.25, -0.2) is 0 Å². The summed E-state index contributed by atoms with van der Waals surface area (Å²) in [6.45, 7) is 7.24. The van der Waals surface area contributed by atoms with E-state index in [9.17, 15) is 4.79 Å². The lowest BCUT2D eigenvalue weighted by atomic mass is 9.96. The van der Waals surface area contributed by atoms with E-state index in [1.54, 1.807) is 6.92 Å². The molecule has 0 aliphatic carbocycles. The molecule has 0 saturated carbocycles. The number of hydrogen-bond acceptors (Lipinski definition) is 4. The van der Waals surface area contributed by atoms with Gasteiger partial charge in [0.05, 0.1) is 7.11 Å². The highest BCUT2D eigenvalue weighted by Gasteiger charge is 2.28. The summed E-state index contributed by atoms with van der Waals surface area (Å²) < 4.78 is 4.69. The van der Waals surface area contributed by atoms with Crippen molar-refractivity contribution in [2.75, 3.05) is 20.7 Å². The van der Waals surface area contributed by atoms with Crippen LogP contribution in [0.2, 0.25) is 0 Å². The Morgan fingerprint density at radius 2 is 1.89 bits per heavy atom. The van der Waals surface area contributed by atoms with Gasteiger partial charge in [0.2, 0.25) is 0 Å². The summed E-state index contributed by atoms with van der Waals surface area (Å²) in [5.74, 6) is -0.323. The van der Waals surface area contributed by atoms with Crippen LogP contribution in [-0.4, -0.2) is 43.2 Å². The molecule has 0 amide bonds. The molecule has 0 aliphatic heterocycles. The molecule has 0 aromatic heterocycles. The van der Waals surface area contributed by atoms with E-state index in [-0.39, 0.29) is 5.97 Å². The minimum absolute atomic E-state index is 0.323. The zero-order valence-corrected chi connectivity index (χ0v) is 12.7. The monoisotopic (exact) mass is 258 g/mol. The van der Waals surface area contributed by atoms with Gasteiger partial charge in [-0.15, -0.1) is 0 Å². The number of carbonyl (C=O) groups is 1. The summed E-state index contributed by atoms with van der Waals surface area (Å²) in [4.78, 5) is 13.8. The van der Waals surface area contributed by atoms with Crippen LogP contribution in [0.4, 0.5) is 0 Å². The van der Waals surface area contributed by atoms with Gasteiger partial charge in [-0.1, -0.05) is 13.8 Å². The van der Waals surface area contributed by atoms with Crippen LogP contribution in [0.15, 0.2) is 0 Å².